The first-order valence-corrected chi connectivity index (χ1v) is 5.40. The first-order valence-electron chi connectivity index (χ1n) is 5.02. The van der Waals surface area contributed by atoms with E-state index in [0.717, 1.165) is 5.56 Å². The van der Waals surface area contributed by atoms with Gasteiger partial charge in [-0.2, -0.15) is 4.98 Å². The molecule has 1 amide bonds. The van der Waals surface area contributed by atoms with E-state index in [4.69, 9.17) is 21.9 Å². The molecule has 0 aliphatic heterocycles. The molecular weight excluding hydrogens is 242 g/mol. The molecule has 2 N–H and O–H groups in total. The van der Waals surface area contributed by atoms with Crippen molar-refractivity contribution in [1.29, 1.82) is 0 Å². The molecule has 0 bridgehead atoms. The van der Waals surface area contributed by atoms with Gasteiger partial charge in [0.15, 0.2) is 0 Å². The molecule has 6 heteroatoms. The van der Waals surface area contributed by atoms with Crippen LogP contribution in [0.2, 0.25) is 5.02 Å². The summed E-state index contributed by atoms with van der Waals surface area (Å²) in [6.07, 6.45) is 0.554. The zero-order valence-corrected chi connectivity index (χ0v) is 9.65. The Morgan fingerprint density at radius 1 is 1.35 bits per heavy atom. The maximum atomic E-state index is 10.6. The normalized spacial score (nSPS) is 10.4. The third kappa shape index (κ3) is 3.04. The molecule has 1 aromatic heterocycles. The number of halogens is 1. The van der Waals surface area contributed by atoms with Crippen LogP contribution in [0.25, 0.3) is 11.4 Å². The fourth-order valence-corrected chi connectivity index (χ4v) is 1.43. The Morgan fingerprint density at radius 2 is 2.06 bits per heavy atom. The Morgan fingerprint density at radius 3 is 2.71 bits per heavy atom. The summed E-state index contributed by atoms with van der Waals surface area (Å²) in [5, 5.41) is 4.46. The van der Waals surface area contributed by atoms with E-state index in [1.54, 1.807) is 24.3 Å². The molecule has 0 atom stereocenters. The van der Waals surface area contributed by atoms with Crippen LogP contribution in [0.3, 0.4) is 0 Å². The second-order valence-electron chi connectivity index (χ2n) is 3.48. The molecule has 17 heavy (non-hydrogen) atoms. The lowest BCUT2D eigenvalue weighted by Gasteiger charge is -1.93. The molecule has 2 rings (SSSR count). The highest BCUT2D eigenvalue weighted by Gasteiger charge is 2.09. The first-order chi connectivity index (χ1) is 8.15. The van der Waals surface area contributed by atoms with Gasteiger partial charge >= 0.3 is 0 Å². The number of amides is 1. The Balaban J connectivity index is 2.12. The van der Waals surface area contributed by atoms with E-state index in [-0.39, 0.29) is 6.42 Å². The molecule has 0 fully saturated rings. The summed E-state index contributed by atoms with van der Waals surface area (Å²) in [7, 11) is 0. The monoisotopic (exact) mass is 251 g/mol. The Labute approximate surface area is 103 Å². The Bertz CT molecular complexity index is 522. The van der Waals surface area contributed by atoms with E-state index in [1.165, 1.54) is 0 Å². The average Bonchev–Trinajstić information content (AvgIpc) is 2.76. The van der Waals surface area contributed by atoms with Gasteiger partial charge in [0.2, 0.25) is 17.6 Å². The number of nitrogens with zero attached hydrogens (tertiary/aromatic N) is 2. The second-order valence-corrected chi connectivity index (χ2v) is 3.92. The topological polar surface area (TPSA) is 82.0 Å². The van der Waals surface area contributed by atoms with Gasteiger partial charge in [-0.1, -0.05) is 16.8 Å². The summed E-state index contributed by atoms with van der Waals surface area (Å²) in [5.41, 5.74) is 5.84. The zero-order valence-electron chi connectivity index (χ0n) is 8.89. The number of benzene rings is 1. The number of hydrogen-bond donors (Lipinski definition) is 1. The van der Waals surface area contributed by atoms with Crippen LogP contribution in [0.5, 0.6) is 0 Å². The van der Waals surface area contributed by atoms with Crippen LogP contribution in [0, 0.1) is 0 Å². The lowest BCUT2D eigenvalue weighted by atomic mass is 10.2. The fraction of sp³-hybridized carbons (Fsp3) is 0.182. The van der Waals surface area contributed by atoms with E-state index in [1.807, 2.05) is 0 Å². The van der Waals surface area contributed by atoms with Crippen LogP contribution in [0.15, 0.2) is 28.8 Å². The quantitative estimate of drug-likeness (QED) is 0.898. The molecule has 1 heterocycles. The van der Waals surface area contributed by atoms with Crippen LogP contribution in [-0.4, -0.2) is 16.0 Å². The van der Waals surface area contributed by atoms with Gasteiger partial charge in [-0.15, -0.1) is 0 Å². The predicted molar refractivity (Wildman–Crippen MR) is 62.3 cm³/mol. The molecule has 1 aromatic carbocycles. The molecule has 0 saturated heterocycles. The van der Waals surface area contributed by atoms with Gasteiger partial charge in [-0.05, 0) is 24.3 Å². The van der Waals surface area contributed by atoms with Gasteiger partial charge < -0.3 is 10.3 Å². The summed E-state index contributed by atoms with van der Waals surface area (Å²) >= 11 is 5.77. The van der Waals surface area contributed by atoms with E-state index < -0.39 is 5.91 Å². The van der Waals surface area contributed by atoms with Crippen molar-refractivity contribution < 1.29 is 9.32 Å². The van der Waals surface area contributed by atoms with Crippen molar-refractivity contribution in [1.82, 2.24) is 10.1 Å². The lowest BCUT2D eigenvalue weighted by molar-refractivity contribution is -0.118. The molecular formula is C11H10ClN3O2. The minimum absolute atomic E-state index is 0.197. The molecule has 0 spiro atoms. The Kier molecular flexibility index (Phi) is 3.39. The molecule has 0 saturated carbocycles. The minimum atomic E-state index is -0.392. The number of aryl methyl sites for hydroxylation is 1. The highest BCUT2D eigenvalue weighted by Crippen LogP contribution is 2.18. The lowest BCUT2D eigenvalue weighted by Crippen LogP contribution is -2.11. The van der Waals surface area contributed by atoms with Crippen molar-refractivity contribution in [3.8, 4) is 11.4 Å². The first kappa shape index (κ1) is 11.6. The van der Waals surface area contributed by atoms with Crippen LogP contribution >= 0.6 is 11.6 Å². The summed E-state index contributed by atoms with van der Waals surface area (Å²) in [6.45, 7) is 0. The van der Waals surface area contributed by atoms with E-state index in [0.29, 0.717) is 23.2 Å². The maximum Gasteiger partial charge on any atom is 0.227 e. The summed E-state index contributed by atoms with van der Waals surface area (Å²) in [4.78, 5) is 14.8. The standard InChI is InChI=1S/C11H10ClN3O2/c12-8-3-1-7(2-4-8)11-14-10(17-15-11)6-5-9(13)16/h1-4H,5-6H2,(H2,13,16). The number of nitrogens with two attached hydrogens (primary N) is 1. The average molecular weight is 252 g/mol. The van der Waals surface area contributed by atoms with Crippen molar-refractivity contribution in [3.63, 3.8) is 0 Å². The van der Waals surface area contributed by atoms with Gasteiger partial charge in [0.05, 0.1) is 0 Å². The highest BCUT2D eigenvalue weighted by atomic mass is 35.5. The number of primary amides is 1. The van der Waals surface area contributed by atoms with E-state index >= 15 is 0 Å². The van der Waals surface area contributed by atoms with Crippen molar-refractivity contribution in [2.45, 2.75) is 12.8 Å². The second kappa shape index (κ2) is 4.97. The van der Waals surface area contributed by atoms with Crippen molar-refractivity contribution >= 4 is 17.5 Å². The van der Waals surface area contributed by atoms with Crippen LogP contribution in [0.4, 0.5) is 0 Å². The van der Waals surface area contributed by atoms with Crippen molar-refractivity contribution in [2.24, 2.45) is 5.73 Å². The highest BCUT2D eigenvalue weighted by molar-refractivity contribution is 6.30. The smallest absolute Gasteiger partial charge is 0.227 e. The predicted octanol–water partition coefficient (Wildman–Crippen LogP) is 1.81. The maximum absolute atomic E-state index is 10.6. The van der Waals surface area contributed by atoms with Crippen molar-refractivity contribution in [2.75, 3.05) is 0 Å². The number of aromatic nitrogens is 2. The van der Waals surface area contributed by atoms with Crippen LogP contribution in [-0.2, 0) is 11.2 Å². The molecule has 5 nitrogen and oxygen atoms in total. The van der Waals surface area contributed by atoms with Gasteiger partial charge in [0.25, 0.3) is 0 Å². The van der Waals surface area contributed by atoms with Crippen LogP contribution in [0.1, 0.15) is 12.3 Å². The number of carbonyl (C=O) groups excluding carboxylic acids is 1. The van der Waals surface area contributed by atoms with E-state index in [2.05, 4.69) is 10.1 Å². The number of rotatable bonds is 4. The largest absolute Gasteiger partial charge is 0.370 e. The van der Waals surface area contributed by atoms with Crippen molar-refractivity contribution in [3.05, 3.63) is 35.2 Å². The molecule has 0 unspecified atom stereocenters. The van der Waals surface area contributed by atoms with Gasteiger partial charge in [0, 0.05) is 23.4 Å². The molecule has 0 radical (unpaired) electrons. The Hall–Kier alpha value is -1.88. The third-order valence-corrected chi connectivity index (χ3v) is 2.41. The molecule has 0 aliphatic carbocycles. The third-order valence-electron chi connectivity index (χ3n) is 2.16. The van der Waals surface area contributed by atoms with Gasteiger partial charge in [-0.3, -0.25) is 4.79 Å². The summed E-state index contributed by atoms with van der Waals surface area (Å²) in [6, 6.07) is 7.09. The van der Waals surface area contributed by atoms with E-state index in [9.17, 15) is 4.79 Å². The van der Waals surface area contributed by atoms with Crippen LogP contribution < -0.4 is 5.73 Å². The van der Waals surface area contributed by atoms with Gasteiger partial charge in [0.1, 0.15) is 0 Å². The summed E-state index contributed by atoms with van der Waals surface area (Å²) < 4.78 is 5.00. The van der Waals surface area contributed by atoms with Gasteiger partial charge in [-0.25, -0.2) is 0 Å². The number of carbonyl (C=O) groups is 1. The molecule has 88 valence electrons. The SMILES string of the molecule is NC(=O)CCc1nc(-c2ccc(Cl)cc2)no1. The fourth-order valence-electron chi connectivity index (χ4n) is 1.30. The zero-order chi connectivity index (χ0) is 12.3. The number of hydrogen-bond acceptors (Lipinski definition) is 4. The molecule has 0 aliphatic rings. The molecule has 2 aromatic rings. The summed E-state index contributed by atoms with van der Waals surface area (Å²) in [5.74, 6) is 0.478. The minimum Gasteiger partial charge on any atom is -0.370 e.